The summed E-state index contributed by atoms with van der Waals surface area (Å²) in [6.45, 7) is 5.84. The van der Waals surface area contributed by atoms with Crippen LogP contribution in [-0.4, -0.2) is 25.4 Å². The number of hydrogen-bond acceptors (Lipinski definition) is 4. The summed E-state index contributed by atoms with van der Waals surface area (Å²) in [5.74, 6) is 6.81. The molecule has 0 aliphatic heterocycles. The first-order valence-electron chi connectivity index (χ1n) is 8.47. The quantitative estimate of drug-likeness (QED) is 0.633. The summed E-state index contributed by atoms with van der Waals surface area (Å²) >= 11 is 6.29. The van der Waals surface area contributed by atoms with Gasteiger partial charge in [-0.05, 0) is 51.1 Å². The molecular formula is C20H19ClN4O2. The second-order valence-electron chi connectivity index (χ2n) is 6.04. The smallest absolute Gasteiger partial charge is 0.351 e. The Morgan fingerprint density at radius 2 is 1.96 bits per heavy atom. The van der Waals surface area contributed by atoms with Gasteiger partial charge in [0.1, 0.15) is 12.3 Å². The van der Waals surface area contributed by atoms with E-state index in [1.165, 1.54) is 15.4 Å². The monoisotopic (exact) mass is 382 g/mol. The first-order chi connectivity index (χ1) is 13.0. The van der Waals surface area contributed by atoms with E-state index in [1.807, 2.05) is 38.1 Å². The molecule has 27 heavy (non-hydrogen) atoms. The molecule has 3 aromatic rings. The molecule has 0 atom stereocenters. The SMILES string of the molecule is CC#CCn1nc(-c2ccncc2Cl)n(-c2ccc(OC(C)C)cc2)c1=O. The zero-order valence-corrected chi connectivity index (χ0v) is 16.1. The molecular weight excluding hydrogens is 364 g/mol. The Morgan fingerprint density at radius 1 is 1.22 bits per heavy atom. The molecule has 0 saturated carbocycles. The highest BCUT2D eigenvalue weighted by atomic mass is 35.5. The first-order valence-corrected chi connectivity index (χ1v) is 8.85. The van der Waals surface area contributed by atoms with Gasteiger partial charge in [-0.2, -0.15) is 0 Å². The highest BCUT2D eigenvalue weighted by molar-refractivity contribution is 6.33. The van der Waals surface area contributed by atoms with Gasteiger partial charge in [-0.3, -0.25) is 4.98 Å². The lowest BCUT2D eigenvalue weighted by Gasteiger charge is -2.11. The third-order valence-electron chi connectivity index (χ3n) is 3.72. The van der Waals surface area contributed by atoms with Crippen LogP contribution in [0.25, 0.3) is 17.1 Å². The van der Waals surface area contributed by atoms with Crippen molar-refractivity contribution in [2.24, 2.45) is 0 Å². The number of rotatable bonds is 5. The van der Waals surface area contributed by atoms with Crippen molar-refractivity contribution in [2.75, 3.05) is 0 Å². The second kappa shape index (κ2) is 8.11. The van der Waals surface area contributed by atoms with Crippen LogP contribution in [0.2, 0.25) is 5.02 Å². The van der Waals surface area contributed by atoms with Gasteiger partial charge >= 0.3 is 5.69 Å². The number of nitrogens with zero attached hydrogens (tertiary/aromatic N) is 4. The second-order valence-corrected chi connectivity index (χ2v) is 6.45. The molecule has 2 aromatic heterocycles. The van der Waals surface area contributed by atoms with E-state index in [-0.39, 0.29) is 18.3 Å². The van der Waals surface area contributed by atoms with E-state index in [1.54, 1.807) is 19.2 Å². The normalized spacial score (nSPS) is 10.6. The van der Waals surface area contributed by atoms with E-state index in [4.69, 9.17) is 16.3 Å². The van der Waals surface area contributed by atoms with Crippen molar-refractivity contribution in [1.82, 2.24) is 19.3 Å². The fourth-order valence-electron chi connectivity index (χ4n) is 2.57. The molecule has 0 unspecified atom stereocenters. The van der Waals surface area contributed by atoms with Crippen molar-refractivity contribution in [3.8, 4) is 34.7 Å². The Bertz CT molecular complexity index is 1060. The molecule has 3 rings (SSSR count). The minimum atomic E-state index is -0.293. The summed E-state index contributed by atoms with van der Waals surface area (Å²) in [5.41, 5.74) is 0.988. The maximum Gasteiger partial charge on any atom is 0.351 e. The Labute approximate surface area is 162 Å². The number of aromatic nitrogens is 4. The van der Waals surface area contributed by atoms with Gasteiger partial charge in [-0.25, -0.2) is 14.0 Å². The van der Waals surface area contributed by atoms with Crippen molar-refractivity contribution < 1.29 is 4.74 Å². The van der Waals surface area contributed by atoms with Gasteiger partial charge in [-0.15, -0.1) is 11.0 Å². The predicted molar refractivity (Wildman–Crippen MR) is 105 cm³/mol. The zero-order valence-electron chi connectivity index (χ0n) is 15.3. The van der Waals surface area contributed by atoms with Crippen LogP contribution in [0.5, 0.6) is 5.75 Å². The van der Waals surface area contributed by atoms with Crippen LogP contribution in [-0.2, 0) is 6.54 Å². The highest BCUT2D eigenvalue weighted by Crippen LogP contribution is 2.27. The number of benzene rings is 1. The van der Waals surface area contributed by atoms with Crippen LogP contribution >= 0.6 is 11.6 Å². The predicted octanol–water partition coefficient (Wildman–Crippen LogP) is 3.56. The lowest BCUT2D eigenvalue weighted by Crippen LogP contribution is -2.23. The van der Waals surface area contributed by atoms with Crippen molar-refractivity contribution in [3.63, 3.8) is 0 Å². The number of pyridine rings is 1. The molecule has 7 heteroatoms. The number of hydrogen-bond donors (Lipinski definition) is 0. The molecule has 2 heterocycles. The van der Waals surface area contributed by atoms with Crippen LogP contribution in [0, 0.1) is 11.8 Å². The van der Waals surface area contributed by atoms with E-state index >= 15 is 0 Å². The van der Waals surface area contributed by atoms with E-state index in [0.29, 0.717) is 22.1 Å². The minimum absolute atomic E-state index is 0.0696. The molecule has 0 bridgehead atoms. The van der Waals surface area contributed by atoms with Crippen LogP contribution in [0.1, 0.15) is 20.8 Å². The lowest BCUT2D eigenvalue weighted by molar-refractivity contribution is 0.242. The van der Waals surface area contributed by atoms with E-state index in [9.17, 15) is 4.79 Å². The van der Waals surface area contributed by atoms with Crippen LogP contribution in [0.3, 0.4) is 0 Å². The van der Waals surface area contributed by atoms with Gasteiger partial charge in [0, 0.05) is 18.0 Å². The number of ether oxygens (including phenoxy) is 1. The molecule has 6 nitrogen and oxygen atoms in total. The fourth-order valence-corrected chi connectivity index (χ4v) is 2.78. The van der Waals surface area contributed by atoms with Gasteiger partial charge in [-0.1, -0.05) is 17.5 Å². The molecule has 0 saturated heterocycles. The lowest BCUT2D eigenvalue weighted by atomic mass is 10.2. The summed E-state index contributed by atoms with van der Waals surface area (Å²) in [6, 6.07) is 9.00. The van der Waals surface area contributed by atoms with E-state index in [0.717, 1.165) is 5.75 Å². The highest BCUT2D eigenvalue weighted by Gasteiger charge is 2.18. The van der Waals surface area contributed by atoms with Gasteiger partial charge < -0.3 is 4.74 Å². The summed E-state index contributed by atoms with van der Waals surface area (Å²) in [7, 11) is 0. The maximum atomic E-state index is 12.9. The maximum absolute atomic E-state index is 12.9. The Hall–Kier alpha value is -3.04. The number of halogens is 1. The largest absolute Gasteiger partial charge is 0.491 e. The topological polar surface area (TPSA) is 61.9 Å². The molecule has 138 valence electrons. The average molecular weight is 383 g/mol. The van der Waals surface area contributed by atoms with Crippen molar-refractivity contribution in [3.05, 3.63) is 58.2 Å². The van der Waals surface area contributed by atoms with Crippen LogP contribution in [0.4, 0.5) is 0 Å². The molecule has 0 amide bonds. The molecule has 0 radical (unpaired) electrons. The summed E-state index contributed by atoms with van der Waals surface area (Å²) in [5, 5.41) is 4.86. The minimum Gasteiger partial charge on any atom is -0.491 e. The molecule has 0 spiro atoms. The van der Waals surface area contributed by atoms with Crippen molar-refractivity contribution in [2.45, 2.75) is 33.4 Å². The summed E-state index contributed by atoms with van der Waals surface area (Å²) in [4.78, 5) is 16.9. The summed E-state index contributed by atoms with van der Waals surface area (Å²) in [6.07, 6.45) is 3.21. The Morgan fingerprint density at radius 3 is 2.59 bits per heavy atom. The molecule has 0 aliphatic carbocycles. The summed E-state index contributed by atoms with van der Waals surface area (Å²) < 4.78 is 8.50. The van der Waals surface area contributed by atoms with Gasteiger partial charge in [0.25, 0.3) is 0 Å². The van der Waals surface area contributed by atoms with Crippen molar-refractivity contribution in [1.29, 1.82) is 0 Å². The molecule has 0 fully saturated rings. The van der Waals surface area contributed by atoms with Gasteiger partial charge in [0.05, 0.1) is 16.8 Å². The van der Waals surface area contributed by atoms with Gasteiger partial charge in [0.2, 0.25) is 0 Å². The molecule has 0 aliphatic rings. The zero-order chi connectivity index (χ0) is 19.4. The van der Waals surface area contributed by atoms with E-state index < -0.39 is 0 Å². The Kier molecular flexibility index (Phi) is 5.63. The van der Waals surface area contributed by atoms with Crippen LogP contribution < -0.4 is 10.4 Å². The van der Waals surface area contributed by atoms with Gasteiger partial charge in [0.15, 0.2) is 5.82 Å². The molecule has 0 N–H and O–H groups in total. The first kappa shape index (κ1) is 18.7. The standard InChI is InChI=1S/C20H19ClN4O2/c1-4-5-12-24-20(26)25(15-6-8-16(9-7-15)27-14(2)3)19(23-24)17-10-11-22-13-18(17)21/h6-11,13-14H,12H2,1-3H3. The third-order valence-corrected chi connectivity index (χ3v) is 4.03. The molecule has 1 aromatic carbocycles. The fraction of sp³-hybridized carbons (Fsp3) is 0.250. The Balaban J connectivity index is 2.15. The average Bonchev–Trinajstić information content (AvgIpc) is 2.97. The van der Waals surface area contributed by atoms with Crippen LogP contribution in [0.15, 0.2) is 47.5 Å². The third kappa shape index (κ3) is 4.04. The van der Waals surface area contributed by atoms with E-state index in [2.05, 4.69) is 21.9 Å². The van der Waals surface area contributed by atoms with Crippen molar-refractivity contribution >= 4 is 11.6 Å².